The summed E-state index contributed by atoms with van der Waals surface area (Å²) in [6.45, 7) is 1.35. The van der Waals surface area contributed by atoms with Crippen LogP contribution in [0, 0.1) is 6.92 Å². The highest BCUT2D eigenvalue weighted by atomic mass is 32.2. The minimum absolute atomic E-state index is 0.0749. The minimum atomic E-state index is -4.01. The highest BCUT2D eigenvalue weighted by Crippen LogP contribution is 2.17. The maximum atomic E-state index is 12.1. The number of carbonyl (C=O) groups is 1. The summed E-state index contributed by atoms with van der Waals surface area (Å²) in [6.07, 6.45) is 2.76. The van der Waals surface area contributed by atoms with Gasteiger partial charge < -0.3 is 5.11 Å². The Morgan fingerprint density at radius 3 is 2.85 bits per heavy atom. The van der Waals surface area contributed by atoms with Gasteiger partial charge in [-0.3, -0.25) is 5.10 Å². The van der Waals surface area contributed by atoms with Crippen LogP contribution in [0.2, 0.25) is 0 Å². The van der Waals surface area contributed by atoms with Crippen molar-refractivity contribution in [1.29, 1.82) is 0 Å². The van der Waals surface area contributed by atoms with Crippen LogP contribution in [-0.4, -0.2) is 39.7 Å². The molecule has 2 aromatic rings. The molecule has 0 aromatic carbocycles. The standard InChI is InChI=1S/C10H11N5O4S/c1-6-9(8(10(16)17)15-14-6)20(18,19)13-4-7-2-3-11-5-12-7/h2-3,5,13H,4H2,1H3,(H,14,15)(H,16,17). The van der Waals surface area contributed by atoms with Gasteiger partial charge in [-0.2, -0.15) is 5.10 Å². The molecule has 0 bridgehead atoms. The van der Waals surface area contributed by atoms with Gasteiger partial charge in [-0.25, -0.2) is 27.9 Å². The van der Waals surface area contributed by atoms with Crippen molar-refractivity contribution in [2.45, 2.75) is 18.4 Å². The number of carboxylic acid groups (broad SMARTS) is 1. The molecule has 0 saturated heterocycles. The molecule has 2 heterocycles. The normalized spacial score (nSPS) is 11.4. The van der Waals surface area contributed by atoms with Crippen LogP contribution in [-0.2, 0) is 16.6 Å². The predicted molar refractivity (Wildman–Crippen MR) is 66.3 cm³/mol. The van der Waals surface area contributed by atoms with E-state index in [1.807, 2.05) is 0 Å². The first-order valence-electron chi connectivity index (χ1n) is 5.44. The molecule has 0 atom stereocenters. The van der Waals surface area contributed by atoms with Crippen LogP contribution in [0.25, 0.3) is 0 Å². The summed E-state index contributed by atoms with van der Waals surface area (Å²) in [5, 5.41) is 14.7. The van der Waals surface area contributed by atoms with Gasteiger partial charge in [0.05, 0.1) is 17.9 Å². The average molecular weight is 297 g/mol. The van der Waals surface area contributed by atoms with Crippen LogP contribution in [0.5, 0.6) is 0 Å². The van der Waals surface area contributed by atoms with Crippen LogP contribution in [0.1, 0.15) is 21.9 Å². The number of aromatic amines is 1. The number of aromatic carboxylic acids is 1. The van der Waals surface area contributed by atoms with Crippen LogP contribution in [0.15, 0.2) is 23.5 Å². The Morgan fingerprint density at radius 2 is 2.25 bits per heavy atom. The fourth-order valence-corrected chi connectivity index (χ4v) is 2.87. The molecule has 106 valence electrons. The van der Waals surface area contributed by atoms with Gasteiger partial charge in [0, 0.05) is 6.20 Å². The van der Waals surface area contributed by atoms with E-state index in [1.165, 1.54) is 19.4 Å². The Bertz CT molecular complexity index is 725. The first-order chi connectivity index (χ1) is 9.42. The number of aryl methyl sites for hydroxylation is 1. The smallest absolute Gasteiger partial charge is 0.357 e. The van der Waals surface area contributed by atoms with E-state index in [1.54, 1.807) is 6.07 Å². The van der Waals surface area contributed by atoms with Crippen molar-refractivity contribution < 1.29 is 18.3 Å². The second kappa shape index (κ2) is 5.35. The van der Waals surface area contributed by atoms with Gasteiger partial charge in [-0.15, -0.1) is 0 Å². The van der Waals surface area contributed by atoms with Crippen LogP contribution >= 0.6 is 0 Å². The van der Waals surface area contributed by atoms with Crippen molar-refractivity contribution in [3.05, 3.63) is 35.7 Å². The Balaban J connectivity index is 2.27. The zero-order chi connectivity index (χ0) is 14.8. The zero-order valence-corrected chi connectivity index (χ0v) is 11.2. The molecule has 2 aromatic heterocycles. The Morgan fingerprint density at radius 1 is 1.50 bits per heavy atom. The Hall–Kier alpha value is -2.33. The van der Waals surface area contributed by atoms with Gasteiger partial charge >= 0.3 is 5.97 Å². The van der Waals surface area contributed by atoms with E-state index < -0.39 is 21.7 Å². The second-order valence-electron chi connectivity index (χ2n) is 3.86. The van der Waals surface area contributed by atoms with Crippen molar-refractivity contribution in [3.8, 4) is 0 Å². The highest BCUT2D eigenvalue weighted by molar-refractivity contribution is 7.89. The molecule has 20 heavy (non-hydrogen) atoms. The third-order valence-electron chi connectivity index (χ3n) is 2.45. The van der Waals surface area contributed by atoms with Crippen molar-refractivity contribution in [2.24, 2.45) is 0 Å². The number of sulfonamides is 1. The summed E-state index contributed by atoms with van der Waals surface area (Å²) in [5.74, 6) is -1.42. The minimum Gasteiger partial charge on any atom is -0.476 e. The summed E-state index contributed by atoms with van der Waals surface area (Å²) in [4.78, 5) is 18.2. The van der Waals surface area contributed by atoms with Crippen LogP contribution in [0.4, 0.5) is 0 Å². The first-order valence-corrected chi connectivity index (χ1v) is 6.93. The maximum Gasteiger partial charge on any atom is 0.357 e. The molecule has 9 nitrogen and oxygen atoms in total. The quantitative estimate of drug-likeness (QED) is 0.687. The van der Waals surface area contributed by atoms with E-state index in [0.29, 0.717) is 5.69 Å². The van der Waals surface area contributed by atoms with E-state index in [4.69, 9.17) is 5.11 Å². The third-order valence-corrected chi connectivity index (χ3v) is 4.01. The lowest BCUT2D eigenvalue weighted by Crippen LogP contribution is -2.25. The lowest BCUT2D eigenvalue weighted by atomic mass is 10.4. The number of hydrogen-bond acceptors (Lipinski definition) is 6. The zero-order valence-electron chi connectivity index (χ0n) is 10.4. The van der Waals surface area contributed by atoms with E-state index in [0.717, 1.165) is 0 Å². The number of rotatable bonds is 5. The van der Waals surface area contributed by atoms with E-state index in [9.17, 15) is 13.2 Å². The SMILES string of the molecule is Cc1[nH]nc(C(=O)O)c1S(=O)(=O)NCc1ccncn1. The largest absolute Gasteiger partial charge is 0.476 e. The molecule has 2 rings (SSSR count). The topological polar surface area (TPSA) is 138 Å². The maximum absolute atomic E-state index is 12.1. The van der Waals surface area contributed by atoms with Gasteiger partial charge in [-0.1, -0.05) is 0 Å². The molecule has 10 heteroatoms. The monoisotopic (exact) mass is 297 g/mol. The first kappa shape index (κ1) is 14.1. The van der Waals surface area contributed by atoms with Crippen molar-refractivity contribution in [1.82, 2.24) is 24.9 Å². The fourth-order valence-electron chi connectivity index (χ4n) is 1.56. The number of hydrogen-bond donors (Lipinski definition) is 3. The molecule has 0 unspecified atom stereocenters. The number of aromatic nitrogens is 4. The van der Waals surface area contributed by atoms with Crippen molar-refractivity contribution in [2.75, 3.05) is 0 Å². The molecule has 0 fully saturated rings. The van der Waals surface area contributed by atoms with Gasteiger partial charge in [0.1, 0.15) is 11.2 Å². The third kappa shape index (κ3) is 2.81. The summed E-state index contributed by atoms with van der Waals surface area (Å²) in [6, 6.07) is 1.54. The van der Waals surface area contributed by atoms with Gasteiger partial charge in [0.15, 0.2) is 5.69 Å². The Labute approximate surface area is 114 Å². The molecular formula is C10H11N5O4S. The van der Waals surface area contributed by atoms with Gasteiger partial charge in [0.25, 0.3) is 0 Å². The molecule has 3 N–H and O–H groups in total. The number of nitrogens with zero attached hydrogens (tertiary/aromatic N) is 3. The summed E-state index contributed by atoms with van der Waals surface area (Å²) < 4.78 is 26.5. The van der Waals surface area contributed by atoms with Crippen molar-refractivity contribution >= 4 is 16.0 Å². The van der Waals surface area contributed by atoms with Crippen molar-refractivity contribution in [3.63, 3.8) is 0 Å². The molecule has 0 radical (unpaired) electrons. The molecule has 0 saturated carbocycles. The molecule has 0 aliphatic rings. The van der Waals surface area contributed by atoms with E-state index in [-0.39, 0.29) is 17.1 Å². The molecular weight excluding hydrogens is 286 g/mol. The summed E-state index contributed by atoms with van der Waals surface area (Å²) >= 11 is 0. The van der Waals surface area contributed by atoms with Crippen LogP contribution < -0.4 is 4.72 Å². The molecule has 0 aliphatic heterocycles. The highest BCUT2D eigenvalue weighted by Gasteiger charge is 2.27. The lowest BCUT2D eigenvalue weighted by Gasteiger charge is -2.06. The molecule has 0 amide bonds. The van der Waals surface area contributed by atoms with E-state index >= 15 is 0 Å². The number of nitrogens with one attached hydrogen (secondary N) is 2. The second-order valence-corrected chi connectivity index (χ2v) is 5.56. The molecule has 0 aliphatic carbocycles. The van der Waals surface area contributed by atoms with E-state index in [2.05, 4.69) is 24.9 Å². The Kier molecular flexibility index (Phi) is 3.77. The predicted octanol–water partition coefficient (Wildman–Crippen LogP) is -0.315. The number of carboxylic acids is 1. The summed E-state index contributed by atoms with van der Waals surface area (Å²) in [7, 11) is -4.01. The number of H-pyrrole nitrogens is 1. The molecule has 0 spiro atoms. The van der Waals surface area contributed by atoms with Gasteiger partial charge in [-0.05, 0) is 13.0 Å². The van der Waals surface area contributed by atoms with Crippen LogP contribution in [0.3, 0.4) is 0 Å². The van der Waals surface area contributed by atoms with Gasteiger partial charge in [0.2, 0.25) is 10.0 Å². The average Bonchev–Trinajstić information content (AvgIpc) is 2.81. The fraction of sp³-hybridized carbons (Fsp3) is 0.200. The summed E-state index contributed by atoms with van der Waals surface area (Å²) in [5.41, 5.74) is 0.0665. The lowest BCUT2D eigenvalue weighted by molar-refractivity contribution is 0.0686.